The molecule has 0 aliphatic heterocycles. The van der Waals surface area contributed by atoms with E-state index in [0.717, 1.165) is 10.7 Å². The Hall–Kier alpha value is -1.33. The van der Waals surface area contributed by atoms with E-state index in [4.69, 9.17) is 0 Å². The monoisotopic (exact) mass is 265 g/mol. The minimum Gasteiger partial charge on any atom is -0.300 e. The van der Waals surface area contributed by atoms with Gasteiger partial charge < -0.3 is 5.32 Å². The number of nitrogens with one attached hydrogen (secondary N) is 1. The molecule has 2 atom stereocenters. The summed E-state index contributed by atoms with van der Waals surface area (Å²) in [5.74, 6) is -0.311. The summed E-state index contributed by atoms with van der Waals surface area (Å²) in [5, 5.41) is 4.47. The van der Waals surface area contributed by atoms with Crippen LogP contribution in [0, 0.1) is 12.7 Å². The van der Waals surface area contributed by atoms with Crippen molar-refractivity contribution in [3.63, 3.8) is 0 Å². The number of hydrogen-bond donors (Lipinski definition) is 1. The van der Waals surface area contributed by atoms with Gasteiger partial charge in [0.15, 0.2) is 0 Å². The first-order valence-electron chi connectivity index (χ1n) is 5.86. The van der Waals surface area contributed by atoms with Gasteiger partial charge in [0.2, 0.25) is 0 Å². The molecule has 2 unspecified atom stereocenters. The summed E-state index contributed by atoms with van der Waals surface area (Å²) in [7, 11) is 0. The molecule has 96 valence electrons. The molecule has 0 bridgehead atoms. The molecule has 5 heteroatoms. The van der Waals surface area contributed by atoms with Gasteiger partial charge in [0, 0.05) is 17.1 Å². The van der Waals surface area contributed by atoms with E-state index in [9.17, 15) is 4.39 Å². The topological polar surface area (TPSA) is 37.8 Å². The summed E-state index contributed by atoms with van der Waals surface area (Å²) in [6.07, 6.45) is 3.12. The Morgan fingerprint density at radius 1 is 1.17 bits per heavy atom. The first-order valence-corrected chi connectivity index (χ1v) is 6.67. The zero-order chi connectivity index (χ0) is 13.1. The first kappa shape index (κ1) is 13.1. The van der Waals surface area contributed by atoms with Crippen molar-refractivity contribution in [2.45, 2.75) is 32.9 Å². The summed E-state index contributed by atoms with van der Waals surface area (Å²) in [4.78, 5) is 9.63. The minimum atomic E-state index is -0.311. The second-order valence-electron chi connectivity index (χ2n) is 4.32. The largest absolute Gasteiger partial charge is 0.300 e. The molecular weight excluding hydrogens is 249 g/mol. The van der Waals surface area contributed by atoms with Crippen LogP contribution in [0.3, 0.4) is 0 Å². The van der Waals surface area contributed by atoms with Gasteiger partial charge in [-0.1, -0.05) is 0 Å². The standard InChI is InChI=1S/C13H16FN3S/c1-8-6-16-13(18-8)10(3)17-9(2)12-5-4-11(14)7-15-12/h4-7,9-10,17H,1-3H3. The highest BCUT2D eigenvalue weighted by Gasteiger charge is 2.14. The number of halogens is 1. The van der Waals surface area contributed by atoms with Gasteiger partial charge in [-0.3, -0.25) is 4.98 Å². The normalized spacial score (nSPS) is 14.4. The molecule has 1 N–H and O–H groups in total. The van der Waals surface area contributed by atoms with Crippen molar-refractivity contribution in [1.82, 2.24) is 15.3 Å². The maximum atomic E-state index is 12.8. The van der Waals surface area contributed by atoms with Crippen molar-refractivity contribution in [3.8, 4) is 0 Å². The third-order valence-electron chi connectivity index (χ3n) is 2.70. The quantitative estimate of drug-likeness (QED) is 0.920. The summed E-state index contributed by atoms with van der Waals surface area (Å²) < 4.78 is 12.8. The molecule has 0 aromatic carbocycles. The van der Waals surface area contributed by atoms with Crippen LogP contribution in [0.15, 0.2) is 24.5 Å². The fourth-order valence-corrected chi connectivity index (χ4v) is 2.53. The molecule has 2 aromatic heterocycles. The van der Waals surface area contributed by atoms with Gasteiger partial charge in [0.1, 0.15) is 10.8 Å². The van der Waals surface area contributed by atoms with Crippen LogP contribution in [-0.4, -0.2) is 9.97 Å². The Bertz CT molecular complexity index is 509. The Balaban J connectivity index is 2.02. The van der Waals surface area contributed by atoms with Crippen LogP contribution in [0.2, 0.25) is 0 Å². The molecule has 0 spiro atoms. The Kier molecular flexibility index (Phi) is 4.04. The Morgan fingerprint density at radius 3 is 2.50 bits per heavy atom. The van der Waals surface area contributed by atoms with E-state index in [1.165, 1.54) is 17.1 Å². The second kappa shape index (κ2) is 5.54. The van der Waals surface area contributed by atoms with E-state index >= 15 is 0 Å². The van der Waals surface area contributed by atoms with Crippen LogP contribution in [0.25, 0.3) is 0 Å². The third-order valence-corrected chi connectivity index (χ3v) is 3.80. The number of thiazole rings is 1. The lowest BCUT2D eigenvalue weighted by Crippen LogP contribution is -2.23. The lowest BCUT2D eigenvalue weighted by atomic mass is 10.2. The van der Waals surface area contributed by atoms with Crippen LogP contribution >= 0.6 is 11.3 Å². The van der Waals surface area contributed by atoms with Gasteiger partial charge in [-0.25, -0.2) is 9.37 Å². The van der Waals surface area contributed by atoms with Crippen LogP contribution < -0.4 is 5.32 Å². The molecule has 0 radical (unpaired) electrons. The van der Waals surface area contributed by atoms with Crippen LogP contribution in [0.1, 0.15) is 41.5 Å². The predicted molar refractivity (Wildman–Crippen MR) is 71.0 cm³/mol. The van der Waals surface area contributed by atoms with E-state index in [1.54, 1.807) is 17.4 Å². The van der Waals surface area contributed by atoms with E-state index in [-0.39, 0.29) is 17.9 Å². The number of rotatable bonds is 4. The molecular formula is C13H16FN3S. The lowest BCUT2D eigenvalue weighted by molar-refractivity contribution is 0.483. The van der Waals surface area contributed by atoms with Crippen molar-refractivity contribution >= 4 is 11.3 Å². The zero-order valence-electron chi connectivity index (χ0n) is 10.6. The fraction of sp³-hybridized carbons (Fsp3) is 0.385. The summed E-state index contributed by atoms with van der Waals surface area (Å²) >= 11 is 1.68. The maximum absolute atomic E-state index is 12.8. The molecule has 0 amide bonds. The van der Waals surface area contributed by atoms with Gasteiger partial charge in [-0.15, -0.1) is 11.3 Å². The zero-order valence-corrected chi connectivity index (χ0v) is 11.5. The summed E-state index contributed by atoms with van der Waals surface area (Å²) in [6.45, 7) is 6.12. The maximum Gasteiger partial charge on any atom is 0.141 e. The van der Waals surface area contributed by atoms with E-state index in [2.05, 4.69) is 22.2 Å². The van der Waals surface area contributed by atoms with Gasteiger partial charge in [-0.2, -0.15) is 0 Å². The minimum absolute atomic E-state index is 0.0600. The van der Waals surface area contributed by atoms with E-state index < -0.39 is 0 Å². The molecule has 0 fully saturated rings. The van der Waals surface area contributed by atoms with E-state index in [0.29, 0.717) is 0 Å². The average Bonchev–Trinajstić information content (AvgIpc) is 2.76. The smallest absolute Gasteiger partial charge is 0.141 e. The predicted octanol–water partition coefficient (Wildman–Crippen LogP) is 3.40. The van der Waals surface area contributed by atoms with Gasteiger partial charge >= 0.3 is 0 Å². The molecule has 18 heavy (non-hydrogen) atoms. The number of aromatic nitrogens is 2. The number of pyridine rings is 1. The van der Waals surface area contributed by atoms with Crippen molar-refractivity contribution in [2.24, 2.45) is 0 Å². The van der Waals surface area contributed by atoms with Gasteiger partial charge in [0.05, 0.1) is 17.9 Å². The molecule has 2 heterocycles. The van der Waals surface area contributed by atoms with Crippen molar-refractivity contribution < 1.29 is 4.39 Å². The second-order valence-corrected chi connectivity index (χ2v) is 5.59. The van der Waals surface area contributed by atoms with Crippen molar-refractivity contribution in [2.75, 3.05) is 0 Å². The van der Waals surface area contributed by atoms with Crippen molar-refractivity contribution in [3.05, 3.63) is 45.9 Å². The van der Waals surface area contributed by atoms with Crippen LogP contribution in [-0.2, 0) is 0 Å². The van der Waals surface area contributed by atoms with Gasteiger partial charge in [-0.05, 0) is 32.9 Å². The van der Waals surface area contributed by atoms with Gasteiger partial charge in [0.25, 0.3) is 0 Å². The highest BCUT2D eigenvalue weighted by Crippen LogP contribution is 2.22. The number of hydrogen-bond acceptors (Lipinski definition) is 4. The van der Waals surface area contributed by atoms with Crippen molar-refractivity contribution in [1.29, 1.82) is 0 Å². The fourth-order valence-electron chi connectivity index (χ4n) is 1.75. The molecule has 3 nitrogen and oxygen atoms in total. The molecule has 0 saturated carbocycles. The Morgan fingerprint density at radius 2 is 1.94 bits per heavy atom. The summed E-state index contributed by atoms with van der Waals surface area (Å²) in [6, 6.07) is 3.35. The third kappa shape index (κ3) is 3.11. The SMILES string of the molecule is Cc1cnc(C(C)NC(C)c2ccc(F)cn2)s1. The average molecular weight is 265 g/mol. The molecule has 2 aromatic rings. The summed E-state index contributed by atoms with van der Waals surface area (Å²) in [5.41, 5.74) is 0.830. The molecule has 2 rings (SSSR count). The molecule has 0 aliphatic carbocycles. The molecule has 0 saturated heterocycles. The Labute approximate surface area is 110 Å². The number of aryl methyl sites for hydroxylation is 1. The number of nitrogens with zero attached hydrogens (tertiary/aromatic N) is 2. The van der Waals surface area contributed by atoms with Crippen LogP contribution in [0.4, 0.5) is 4.39 Å². The lowest BCUT2D eigenvalue weighted by Gasteiger charge is -2.17. The van der Waals surface area contributed by atoms with Crippen LogP contribution in [0.5, 0.6) is 0 Å². The van der Waals surface area contributed by atoms with E-state index in [1.807, 2.05) is 20.0 Å². The highest BCUT2D eigenvalue weighted by atomic mass is 32.1. The molecule has 0 aliphatic rings. The highest BCUT2D eigenvalue weighted by molar-refractivity contribution is 7.11. The first-order chi connectivity index (χ1) is 8.56.